The molecule has 1 aromatic carbocycles. The summed E-state index contributed by atoms with van der Waals surface area (Å²) in [5, 5.41) is 16.7. The molecule has 0 radical (unpaired) electrons. The number of hydrogen-bond acceptors (Lipinski definition) is 3. The van der Waals surface area contributed by atoms with Crippen LogP contribution in [-0.4, -0.2) is 20.1 Å². The van der Waals surface area contributed by atoms with E-state index in [-0.39, 0.29) is 5.69 Å². The van der Waals surface area contributed by atoms with Gasteiger partial charge in [-0.05, 0) is 0 Å². The number of rotatable bonds is 3. The fraction of sp³-hybridized carbons (Fsp3) is 0.273. The molecular formula is C11H8F5N3O. The summed E-state index contributed by atoms with van der Waals surface area (Å²) < 4.78 is 67.0. The van der Waals surface area contributed by atoms with E-state index in [1.807, 2.05) is 0 Å². The largest absolute Gasteiger partial charge is 0.388 e. The van der Waals surface area contributed by atoms with Crippen LogP contribution in [-0.2, 0) is 13.5 Å². The van der Waals surface area contributed by atoms with Crippen LogP contribution in [0.25, 0.3) is 0 Å². The van der Waals surface area contributed by atoms with Crippen molar-refractivity contribution in [2.45, 2.75) is 12.5 Å². The van der Waals surface area contributed by atoms with Crippen LogP contribution in [0.15, 0.2) is 6.20 Å². The summed E-state index contributed by atoms with van der Waals surface area (Å²) in [5.41, 5.74) is -1.14. The average molecular weight is 293 g/mol. The Labute approximate surface area is 109 Å². The number of aliphatic hydroxyl groups excluding tert-OH is 1. The first-order valence-electron chi connectivity index (χ1n) is 5.37. The lowest BCUT2D eigenvalue weighted by atomic mass is 10.0. The molecule has 20 heavy (non-hydrogen) atoms. The molecular weight excluding hydrogens is 285 g/mol. The number of aryl methyl sites for hydroxylation is 1. The standard InChI is InChI=1S/C11H8F5N3O/c1-19-3-4(17-18-19)2-5(20)6-7(12)9(14)11(16)10(15)8(6)13/h3,5,20H,2H2,1H3. The van der Waals surface area contributed by atoms with Gasteiger partial charge in [-0.15, -0.1) is 5.10 Å². The van der Waals surface area contributed by atoms with E-state index in [0.29, 0.717) is 0 Å². The normalized spacial score (nSPS) is 12.8. The molecule has 2 rings (SSSR count). The van der Waals surface area contributed by atoms with Crippen molar-refractivity contribution < 1.29 is 27.1 Å². The van der Waals surface area contributed by atoms with E-state index in [0.717, 1.165) is 0 Å². The molecule has 1 aromatic heterocycles. The highest BCUT2D eigenvalue weighted by molar-refractivity contribution is 5.26. The van der Waals surface area contributed by atoms with Crippen LogP contribution in [0.1, 0.15) is 17.4 Å². The lowest BCUT2D eigenvalue weighted by Gasteiger charge is -2.13. The maximum Gasteiger partial charge on any atom is 0.200 e. The molecule has 1 heterocycles. The fourth-order valence-corrected chi connectivity index (χ4v) is 1.70. The van der Waals surface area contributed by atoms with Gasteiger partial charge >= 0.3 is 0 Å². The van der Waals surface area contributed by atoms with Crippen LogP contribution >= 0.6 is 0 Å². The molecule has 1 atom stereocenters. The highest BCUT2D eigenvalue weighted by atomic mass is 19.2. The molecule has 0 aliphatic carbocycles. The third kappa shape index (κ3) is 2.36. The maximum atomic E-state index is 13.4. The van der Waals surface area contributed by atoms with Gasteiger partial charge in [0.25, 0.3) is 0 Å². The lowest BCUT2D eigenvalue weighted by molar-refractivity contribution is 0.162. The minimum Gasteiger partial charge on any atom is -0.388 e. The second-order valence-electron chi connectivity index (χ2n) is 4.09. The summed E-state index contributed by atoms with van der Waals surface area (Å²) in [5.74, 6) is -10.6. The van der Waals surface area contributed by atoms with Crippen LogP contribution in [0.3, 0.4) is 0 Å². The molecule has 2 aromatic rings. The minimum atomic E-state index is -2.27. The van der Waals surface area contributed by atoms with Crippen LogP contribution in [0.5, 0.6) is 0 Å². The molecule has 0 saturated heterocycles. The van der Waals surface area contributed by atoms with Crippen LogP contribution in [0.4, 0.5) is 22.0 Å². The average Bonchev–Trinajstić information content (AvgIpc) is 2.79. The van der Waals surface area contributed by atoms with Crippen molar-refractivity contribution in [3.8, 4) is 0 Å². The Kier molecular flexibility index (Phi) is 3.71. The molecule has 0 amide bonds. The number of hydrogen-bond donors (Lipinski definition) is 1. The van der Waals surface area contributed by atoms with E-state index in [1.54, 1.807) is 0 Å². The predicted molar refractivity (Wildman–Crippen MR) is 55.9 cm³/mol. The van der Waals surface area contributed by atoms with Crippen molar-refractivity contribution in [1.82, 2.24) is 15.0 Å². The molecule has 9 heteroatoms. The van der Waals surface area contributed by atoms with Crippen molar-refractivity contribution in [2.24, 2.45) is 7.05 Å². The van der Waals surface area contributed by atoms with Crippen LogP contribution in [0, 0.1) is 29.1 Å². The molecule has 0 aliphatic rings. The van der Waals surface area contributed by atoms with Gasteiger partial charge in [-0.1, -0.05) is 5.21 Å². The SMILES string of the molecule is Cn1cc(CC(O)c2c(F)c(F)c(F)c(F)c2F)nn1. The van der Waals surface area contributed by atoms with Gasteiger partial charge in [-0.3, -0.25) is 4.68 Å². The zero-order valence-corrected chi connectivity index (χ0v) is 10.0. The van der Waals surface area contributed by atoms with Gasteiger partial charge in [0.1, 0.15) is 0 Å². The molecule has 1 N–H and O–H groups in total. The van der Waals surface area contributed by atoms with Crippen LogP contribution in [0.2, 0.25) is 0 Å². The highest BCUT2D eigenvalue weighted by Crippen LogP contribution is 2.29. The molecule has 0 saturated carbocycles. The Morgan fingerprint density at radius 2 is 1.55 bits per heavy atom. The first-order chi connectivity index (χ1) is 9.32. The number of aromatic nitrogens is 3. The van der Waals surface area contributed by atoms with E-state index < -0.39 is 47.2 Å². The number of nitrogens with zero attached hydrogens (tertiary/aromatic N) is 3. The molecule has 0 spiro atoms. The van der Waals surface area contributed by atoms with Crippen molar-refractivity contribution >= 4 is 0 Å². The third-order valence-electron chi connectivity index (χ3n) is 2.63. The van der Waals surface area contributed by atoms with Crippen molar-refractivity contribution in [3.63, 3.8) is 0 Å². The topological polar surface area (TPSA) is 50.9 Å². The van der Waals surface area contributed by atoms with Gasteiger partial charge in [0.15, 0.2) is 23.3 Å². The van der Waals surface area contributed by atoms with E-state index in [9.17, 15) is 27.1 Å². The second-order valence-corrected chi connectivity index (χ2v) is 4.09. The molecule has 0 aliphatic heterocycles. The summed E-state index contributed by atoms with van der Waals surface area (Å²) >= 11 is 0. The Balaban J connectivity index is 2.42. The maximum absolute atomic E-state index is 13.4. The van der Waals surface area contributed by atoms with E-state index in [4.69, 9.17) is 0 Å². The number of benzene rings is 1. The summed E-state index contributed by atoms with van der Waals surface area (Å²) in [6, 6.07) is 0. The fourth-order valence-electron chi connectivity index (χ4n) is 1.70. The first kappa shape index (κ1) is 14.4. The zero-order chi connectivity index (χ0) is 15.0. The smallest absolute Gasteiger partial charge is 0.200 e. The highest BCUT2D eigenvalue weighted by Gasteiger charge is 2.29. The third-order valence-corrected chi connectivity index (χ3v) is 2.63. The lowest BCUT2D eigenvalue weighted by Crippen LogP contribution is -2.13. The Hall–Kier alpha value is -2.03. The molecule has 4 nitrogen and oxygen atoms in total. The van der Waals surface area contributed by atoms with Crippen molar-refractivity contribution in [3.05, 3.63) is 46.5 Å². The van der Waals surface area contributed by atoms with Crippen molar-refractivity contribution in [1.29, 1.82) is 0 Å². The second kappa shape index (κ2) is 5.16. The Morgan fingerprint density at radius 3 is 2.00 bits per heavy atom. The van der Waals surface area contributed by atoms with Crippen LogP contribution < -0.4 is 0 Å². The van der Waals surface area contributed by atoms with E-state index >= 15 is 0 Å². The van der Waals surface area contributed by atoms with Gasteiger partial charge in [-0.2, -0.15) is 0 Å². The number of halogens is 5. The minimum absolute atomic E-state index is 0.143. The van der Waals surface area contributed by atoms with Gasteiger partial charge in [-0.25, -0.2) is 22.0 Å². The quantitative estimate of drug-likeness (QED) is 0.533. The Bertz CT molecular complexity index is 629. The van der Waals surface area contributed by atoms with Gasteiger partial charge in [0.05, 0.1) is 17.4 Å². The first-order valence-corrected chi connectivity index (χ1v) is 5.37. The van der Waals surface area contributed by atoms with Crippen molar-refractivity contribution in [2.75, 3.05) is 0 Å². The Morgan fingerprint density at radius 1 is 1.05 bits per heavy atom. The monoisotopic (exact) mass is 293 g/mol. The summed E-state index contributed by atoms with van der Waals surface area (Å²) in [6.07, 6.45) is -1.03. The summed E-state index contributed by atoms with van der Waals surface area (Å²) in [7, 11) is 1.52. The molecule has 1 unspecified atom stereocenters. The number of aliphatic hydroxyl groups is 1. The molecule has 0 bridgehead atoms. The zero-order valence-electron chi connectivity index (χ0n) is 10.0. The summed E-state index contributed by atoms with van der Waals surface area (Å²) in [4.78, 5) is 0. The van der Waals surface area contributed by atoms with E-state index in [1.165, 1.54) is 17.9 Å². The summed E-state index contributed by atoms with van der Waals surface area (Å²) in [6.45, 7) is 0. The van der Waals surface area contributed by atoms with Gasteiger partial charge in [0.2, 0.25) is 5.82 Å². The predicted octanol–water partition coefficient (Wildman–Crippen LogP) is 1.79. The van der Waals surface area contributed by atoms with Gasteiger partial charge in [0, 0.05) is 19.7 Å². The van der Waals surface area contributed by atoms with Gasteiger partial charge < -0.3 is 5.11 Å². The molecule has 0 fully saturated rings. The van der Waals surface area contributed by atoms with E-state index in [2.05, 4.69) is 10.3 Å². The molecule has 108 valence electrons.